The van der Waals surface area contributed by atoms with Gasteiger partial charge in [0, 0.05) is 37.8 Å². The van der Waals surface area contributed by atoms with Gasteiger partial charge in [-0.15, -0.1) is 0 Å². The number of anilines is 2. The summed E-state index contributed by atoms with van der Waals surface area (Å²) in [5.41, 5.74) is 0.974. The number of hydrogen-bond donors (Lipinski definition) is 3. The molecule has 0 radical (unpaired) electrons. The van der Waals surface area contributed by atoms with Crippen LogP contribution in [0, 0.1) is 6.92 Å². The highest BCUT2D eigenvalue weighted by Gasteiger charge is 2.46. The Kier molecular flexibility index (Phi) is 9.55. The average Bonchev–Trinajstić information content (AvgIpc) is 3.40. The van der Waals surface area contributed by atoms with E-state index in [0.717, 1.165) is 43.3 Å². The minimum Gasteiger partial charge on any atom is -0.475 e. The van der Waals surface area contributed by atoms with E-state index in [2.05, 4.69) is 30.2 Å². The van der Waals surface area contributed by atoms with E-state index in [0.29, 0.717) is 6.61 Å². The molecule has 11 nitrogen and oxygen atoms in total. The molecule has 4 heterocycles. The van der Waals surface area contributed by atoms with Gasteiger partial charge in [-0.3, -0.25) is 4.98 Å². The van der Waals surface area contributed by atoms with Crippen molar-refractivity contribution in [3.05, 3.63) is 36.5 Å². The molecule has 37 heavy (non-hydrogen) atoms. The summed E-state index contributed by atoms with van der Waals surface area (Å²) in [4.78, 5) is 37.2. The predicted molar refractivity (Wildman–Crippen MR) is 114 cm³/mol. The van der Waals surface area contributed by atoms with E-state index in [-0.39, 0.29) is 11.6 Å². The predicted octanol–water partition coefficient (Wildman–Crippen LogP) is 2.69. The maximum atomic E-state index is 10.6. The number of carboxylic acids is 2. The zero-order valence-electron chi connectivity index (χ0n) is 19.1. The van der Waals surface area contributed by atoms with Crippen molar-refractivity contribution in [3.8, 4) is 0 Å². The van der Waals surface area contributed by atoms with E-state index in [1.165, 1.54) is 0 Å². The smallest absolute Gasteiger partial charge is 0.475 e. The van der Waals surface area contributed by atoms with Gasteiger partial charge in [-0.25, -0.2) is 24.5 Å². The zero-order valence-corrected chi connectivity index (χ0v) is 19.1. The molecule has 2 atom stereocenters. The molecule has 0 amide bonds. The Morgan fingerprint density at radius 1 is 1.03 bits per heavy atom. The van der Waals surface area contributed by atoms with Crippen molar-refractivity contribution >= 4 is 23.7 Å². The Hall–Kier alpha value is -3.76. The van der Waals surface area contributed by atoms with E-state index in [1.807, 2.05) is 19.3 Å². The second-order valence-corrected chi connectivity index (χ2v) is 7.97. The number of hydrogen-bond acceptors (Lipinski definition) is 9. The highest BCUT2D eigenvalue weighted by atomic mass is 19.4. The fourth-order valence-electron chi connectivity index (χ4n) is 3.37. The molecule has 2 aliphatic rings. The van der Waals surface area contributed by atoms with Gasteiger partial charge in [-0.05, 0) is 18.9 Å². The normalized spacial score (nSPS) is 20.9. The number of alkyl halides is 6. The second-order valence-electron chi connectivity index (χ2n) is 7.97. The van der Waals surface area contributed by atoms with Gasteiger partial charge in [-0.1, -0.05) is 0 Å². The van der Waals surface area contributed by atoms with Gasteiger partial charge in [0.05, 0.1) is 31.0 Å². The largest absolute Gasteiger partial charge is 0.490 e. The monoisotopic (exact) mass is 540 g/mol. The van der Waals surface area contributed by atoms with E-state index in [1.54, 1.807) is 18.6 Å². The third kappa shape index (κ3) is 9.32. The van der Waals surface area contributed by atoms with Crippen molar-refractivity contribution < 1.29 is 50.9 Å². The maximum absolute atomic E-state index is 10.6. The van der Waals surface area contributed by atoms with Crippen molar-refractivity contribution in [2.45, 2.75) is 43.8 Å². The van der Waals surface area contributed by atoms with Crippen LogP contribution in [0.3, 0.4) is 0 Å². The third-order valence-electron chi connectivity index (χ3n) is 4.98. The molecule has 2 aliphatic heterocycles. The quantitative estimate of drug-likeness (QED) is 0.493. The summed E-state index contributed by atoms with van der Waals surface area (Å²) in [6.07, 6.45) is 0.637. The van der Waals surface area contributed by atoms with Crippen LogP contribution in [0.2, 0.25) is 0 Å². The Labute approximate surface area is 205 Å². The van der Waals surface area contributed by atoms with Gasteiger partial charge in [0.25, 0.3) is 0 Å². The lowest BCUT2D eigenvalue weighted by molar-refractivity contribution is -0.193. The Balaban J connectivity index is 0.000000286. The second kappa shape index (κ2) is 12.0. The first-order valence-corrected chi connectivity index (χ1v) is 10.4. The SMILES string of the molecule is Cc1cnc(N2CCC3(CC(Nc4cnccn4)CO3)C2)nc1.O=C(O)C(F)(F)F.O=C(O)C(F)(F)F. The van der Waals surface area contributed by atoms with Gasteiger partial charge in [0.1, 0.15) is 5.82 Å². The van der Waals surface area contributed by atoms with E-state index in [4.69, 9.17) is 24.5 Å². The van der Waals surface area contributed by atoms with Crippen molar-refractivity contribution in [1.29, 1.82) is 0 Å². The molecular formula is C20H22F6N6O5. The van der Waals surface area contributed by atoms with E-state index in [9.17, 15) is 26.3 Å². The van der Waals surface area contributed by atoms with Crippen LogP contribution in [0.4, 0.5) is 38.1 Å². The molecule has 204 valence electrons. The van der Waals surface area contributed by atoms with Gasteiger partial charge in [0.2, 0.25) is 5.95 Å². The lowest BCUT2D eigenvalue weighted by Gasteiger charge is -2.23. The van der Waals surface area contributed by atoms with E-state index < -0.39 is 24.3 Å². The molecule has 3 N–H and O–H groups in total. The molecule has 2 aromatic rings. The fourth-order valence-corrected chi connectivity index (χ4v) is 3.37. The highest BCUT2D eigenvalue weighted by Crippen LogP contribution is 2.37. The van der Waals surface area contributed by atoms with Crippen LogP contribution in [-0.4, -0.2) is 85.8 Å². The van der Waals surface area contributed by atoms with Crippen molar-refractivity contribution in [3.63, 3.8) is 0 Å². The Morgan fingerprint density at radius 3 is 2.08 bits per heavy atom. The zero-order chi connectivity index (χ0) is 27.9. The number of aromatic nitrogens is 4. The van der Waals surface area contributed by atoms with Gasteiger partial charge >= 0.3 is 24.3 Å². The van der Waals surface area contributed by atoms with Gasteiger partial charge < -0.3 is 25.2 Å². The number of carboxylic acid groups (broad SMARTS) is 2. The molecule has 2 unspecified atom stereocenters. The molecule has 2 aromatic heterocycles. The first kappa shape index (κ1) is 29.5. The maximum Gasteiger partial charge on any atom is 0.490 e. The number of aliphatic carboxylic acids is 2. The molecule has 0 bridgehead atoms. The minimum atomic E-state index is -5.08. The first-order valence-electron chi connectivity index (χ1n) is 10.4. The molecule has 2 fully saturated rings. The molecule has 0 saturated carbocycles. The molecule has 0 aliphatic carbocycles. The third-order valence-corrected chi connectivity index (χ3v) is 4.98. The topological polar surface area (TPSA) is 151 Å². The molecular weight excluding hydrogens is 518 g/mol. The lowest BCUT2D eigenvalue weighted by atomic mass is 9.97. The first-order chi connectivity index (χ1) is 17.1. The lowest BCUT2D eigenvalue weighted by Crippen LogP contribution is -2.34. The highest BCUT2D eigenvalue weighted by molar-refractivity contribution is 5.73. The van der Waals surface area contributed by atoms with E-state index >= 15 is 0 Å². The summed E-state index contributed by atoms with van der Waals surface area (Å²) < 4.78 is 69.6. The van der Waals surface area contributed by atoms with Gasteiger partial charge in [-0.2, -0.15) is 26.3 Å². The number of aryl methyl sites for hydroxylation is 1. The van der Waals surface area contributed by atoms with Crippen molar-refractivity contribution in [1.82, 2.24) is 19.9 Å². The standard InChI is InChI=1S/C16H20N6O.2C2HF3O2/c1-12-7-19-15(20-8-12)22-5-2-16(11-22)6-13(10-23-16)21-14-9-17-3-4-18-14;2*3-2(4,5)1(6)7/h3-4,7-9,13H,2,5-6,10-11H2,1H3,(H,18,21);2*(H,6,7). The summed E-state index contributed by atoms with van der Waals surface area (Å²) in [5.74, 6) is -3.92. The van der Waals surface area contributed by atoms with Crippen LogP contribution in [0.25, 0.3) is 0 Å². The number of ether oxygens (including phenoxy) is 1. The van der Waals surface area contributed by atoms with Crippen LogP contribution in [-0.2, 0) is 14.3 Å². The number of rotatable bonds is 3. The summed E-state index contributed by atoms with van der Waals surface area (Å²) >= 11 is 0. The van der Waals surface area contributed by atoms with Crippen LogP contribution < -0.4 is 10.2 Å². The number of halogens is 6. The van der Waals surface area contributed by atoms with Crippen molar-refractivity contribution in [2.75, 3.05) is 29.9 Å². The minimum absolute atomic E-state index is 0.103. The van der Waals surface area contributed by atoms with Crippen molar-refractivity contribution in [2.24, 2.45) is 0 Å². The van der Waals surface area contributed by atoms with Crippen LogP contribution >= 0.6 is 0 Å². The molecule has 4 rings (SSSR count). The summed E-state index contributed by atoms with van der Waals surface area (Å²) in [6.45, 7) is 4.47. The summed E-state index contributed by atoms with van der Waals surface area (Å²) in [6, 6.07) is 0.269. The number of carbonyl (C=O) groups is 2. The molecule has 17 heteroatoms. The summed E-state index contributed by atoms with van der Waals surface area (Å²) in [5, 5.41) is 17.7. The Morgan fingerprint density at radius 2 is 1.59 bits per heavy atom. The van der Waals surface area contributed by atoms with Gasteiger partial charge in [0.15, 0.2) is 0 Å². The number of nitrogens with zero attached hydrogens (tertiary/aromatic N) is 5. The van der Waals surface area contributed by atoms with Crippen LogP contribution in [0.1, 0.15) is 18.4 Å². The summed E-state index contributed by atoms with van der Waals surface area (Å²) in [7, 11) is 0. The van der Waals surface area contributed by atoms with Crippen LogP contribution in [0.5, 0.6) is 0 Å². The fraction of sp³-hybridized carbons (Fsp3) is 0.500. The van der Waals surface area contributed by atoms with Crippen LogP contribution in [0.15, 0.2) is 31.0 Å². The molecule has 0 aromatic carbocycles. The number of nitrogens with one attached hydrogen (secondary N) is 1. The average molecular weight is 540 g/mol. The molecule has 1 spiro atoms. The Bertz CT molecular complexity index is 1020. The molecule has 2 saturated heterocycles.